The molecule has 2 heterocycles. The maximum absolute atomic E-state index is 13.2. The van der Waals surface area contributed by atoms with Crippen molar-refractivity contribution < 1.29 is 9.53 Å². The number of hydrogen-bond donors (Lipinski definition) is 1. The minimum absolute atomic E-state index is 0.0538. The monoisotopic (exact) mass is 377 g/mol. The molecule has 26 heavy (non-hydrogen) atoms. The predicted molar refractivity (Wildman–Crippen MR) is 103 cm³/mol. The van der Waals surface area contributed by atoms with E-state index in [4.69, 9.17) is 16.3 Å². The van der Waals surface area contributed by atoms with Crippen LogP contribution in [0.25, 0.3) is 0 Å². The topological polar surface area (TPSA) is 44.8 Å². The molecule has 1 N–H and O–H groups in total. The number of piperazine rings is 1. The Hall–Kier alpha value is -1.30. The second kappa shape index (κ2) is 8.15. The van der Waals surface area contributed by atoms with Crippen LogP contribution in [0, 0.1) is 0 Å². The average Bonchev–Trinajstić information content (AvgIpc) is 3.35. The van der Waals surface area contributed by atoms with Gasteiger partial charge in [0, 0.05) is 50.3 Å². The summed E-state index contributed by atoms with van der Waals surface area (Å²) in [5.74, 6) is 0.745. The Bertz CT molecular complexity index is 642. The molecule has 1 aromatic rings. The second-order valence-electron chi connectivity index (χ2n) is 7.64. The van der Waals surface area contributed by atoms with Crippen LogP contribution in [0.3, 0.4) is 0 Å². The fraction of sp³-hybridized carbons (Fsp3) is 0.650. The first kappa shape index (κ1) is 18.1. The normalized spacial score (nSPS) is 25.0. The molecule has 0 aromatic heterocycles. The number of benzene rings is 1. The first-order valence-corrected chi connectivity index (χ1v) is 10.3. The summed E-state index contributed by atoms with van der Waals surface area (Å²) in [7, 11) is 0. The van der Waals surface area contributed by atoms with Crippen LogP contribution < -0.4 is 10.1 Å². The second-order valence-corrected chi connectivity index (χ2v) is 8.08. The fourth-order valence-electron chi connectivity index (χ4n) is 4.40. The standard InChI is InChI=1S/C20H28ClN3O2/c21-15-5-6-19(26-17-3-1-2-4-17)18(13-15)20(25)24-10-7-16(14-24)23-11-8-22-9-12-23/h5-6,13,16-17,22H,1-4,7-12,14H2. The third-order valence-corrected chi connectivity index (χ3v) is 6.12. The Balaban J connectivity index is 1.46. The molecule has 3 aliphatic rings. The van der Waals surface area contributed by atoms with Gasteiger partial charge in [0.2, 0.25) is 0 Å². The summed E-state index contributed by atoms with van der Waals surface area (Å²) in [6, 6.07) is 5.92. The highest BCUT2D eigenvalue weighted by atomic mass is 35.5. The van der Waals surface area contributed by atoms with Crippen molar-refractivity contribution in [2.75, 3.05) is 39.3 Å². The van der Waals surface area contributed by atoms with E-state index in [2.05, 4.69) is 10.2 Å². The fourth-order valence-corrected chi connectivity index (χ4v) is 4.57. The van der Waals surface area contributed by atoms with Gasteiger partial charge < -0.3 is 15.0 Å². The van der Waals surface area contributed by atoms with E-state index >= 15 is 0 Å². The number of likely N-dealkylation sites (tertiary alicyclic amines) is 1. The maximum atomic E-state index is 13.2. The highest BCUT2D eigenvalue weighted by Gasteiger charge is 2.32. The molecule has 4 rings (SSSR count). The Labute approximate surface area is 160 Å². The molecule has 1 saturated carbocycles. The van der Waals surface area contributed by atoms with Crippen LogP contribution in [0.2, 0.25) is 5.02 Å². The highest BCUT2D eigenvalue weighted by Crippen LogP contribution is 2.30. The van der Waals surface area contributed by atoms with E-state index in [0.717, 1.165) is 58.5 Å². The number of hydrogen-bond acceptors (Lipinski definition) is 4. The van der Waals surface area contributed by atoms with Crippen LogP contribution in [0.4, 0.5) is 0 Å². The van der Waals surface area contributed by atoms with Crippen LogP contribution in [-0.4, -0.2) is 67.1 Å². The van der Waals surface area contributed by atoms with Crippen molar-refractivity contribution in [1.29, 1.82) is 0 Å². The predicted octanol–water partition coefficient (Wildman–Crippen LogP) is 2.78. The molecule has 1 atom stereocenters. The van der Waals surface area contributed by atoms with Crippen molar-refractivity contribution in [2.45, 2.75) is 44.2 Å². The van der Waals surface area contributed by atoms with Gasteiger partial charge in [-0.15, -0.1) is 0 Å². The van der Waals surface area contributed by atoms with Crippen LogP contribution >= 0.6 is 11.6 Å². The van der Waals surface area contributed by atoms with Gasteiger partial charge >= 0.3 is 0 Å². The number of amides is 1. The SMILES string of the molecule is O=C(c1cc(Cl)ccc1OC1CCCC1)N1CCC(N2CCNCC2)C1. The number of ether oxygens (including phenoxy) is 1. The van der Waals surface area contributed by atoms with Crippen molar-refractivity contribution in [1.82, 2.24) is 15.1 Å². The summed E-state index contributed by atoms with van der Waals surface area (Å²) < 4.78 is 6.16. The molecule has 2 aliphatic heterocycles. The maximum Gasteiger partial charge on any atom is 0.257 e. The van der Waals surface area contributed by atoms with Gasteiger partial charge in [-0.3, -0.25) is 9.69 Å². The molecule has 142 valence electrons. The number of nitrogens with zero attached hydrogens (tertiary/aromatic N) is 2. The number of halogens is 1. The van der Waals surface area contributed by atoms with E-state index in [1.807, 2.05) is 17.0 Å². The van der Waals surface area contributed by atoms with Crippen LogP contribution in [0.5, 0.6) is 5.75 Å². The Morgan fingerprint density at radius 3 is 2.65 bits per heavy atom. The molecule has 5 nitrogen and oxygen atoms in total. The van der Waals surface area contributed by atoms with E-state index in [0.29, 0.717) is 22.4 Å². The number of carbonyl (C=O) groups excluding carboxylic acids is 1. The highest BCUT2D eigenvalue weighted by molar-refractivity contribution is 6.31. The first-order valence-electron chi connectivity index (χ1n) is 9.91. The third kappa shape index (κ3) is 4.00. The molecule has 0 radical (unpaired) electrons. The number of rotatable bonds is 4. The minimum Gasteiger partial charge on any atom is -0.490 e. The van der Waals surface area contributed by atoms with Crippen molar-refractivity contribution in [3.8, 4) is 5.75 Å². The van der Waals surface area contributed by atoms with E-state index in [9.17, 15) is 4.79 Å². The van der Waals surface area contributed by atoms with Gasteiger partial charge in [-0.2, -0.15) is 0 Å². The van der Waals surface area contributed by atoms with Gasteiger partial charge in [-0.25, -0.2) is 0 Å². The zero-order chi connectivity index (χ0) is 17.9. The molecule has 2 saturated heterocycles. The van der Waals surface area contributed by atoms with Gasteiger partial charge in [0.25, 0.3) is 5.91 Å². The summed E-state index contributed by atoms with van der Waals surface area (Å²) in [6.45, 7) is 5.83. The van der Waals surface area contributed by atoms with Gasteiger partial charge in [-0.1, -0.05) is 11.6 Å². The van der Waals surface area contributed by atoms with Gasteiger partial charge in [0.05, 0.1) is 11.7 Å². The molecule has 1 amide bonds. The van der Waals surface area contributed by atoms with Gasteiger partial charge in [0.15, 0.2) is 0 Å². The summed E-state index contributed by atoms with van der Waals surface area (Å²) in [4.78, 5) is 17.7. The number of nitrogens with one attached hydrogen (secondary N) is 1. The van der Waals surface area contributed by atoms with Crippen molar-refractivity contribution in [2.24, 2.45) is 0 Å². The first-order chi connectivity index (χ1) is 12.7. The quantitative estimate of drug-likeness (QED) is 0.876. The lowest BCUT2D eigenvalue weighted by Crippen LogP contribution is -2.49. The van der Waals surface area contributed by atoms with Crippen molar-refractivity contribution >= 4 is 17.5 Å². The Morgan fingerprint density at radius 2 is 1.88 bits per heavy atom. The molecular formula is C20H28ClN3O2. The molecule has 6 heteroatoms. The largest absolute Gasteiger partial charge is 0.490 e. The van der Waals surface area contributed by atoms with Crippen LogP contribution in [0.1, 0.15) is 42.5 Å². The summed E-state index contributed by atoms with van der Waals surface area (Å²) >= 11 is 6.19. The Kier molecular flexibility index (Phi) is 5.67. The molecule has 1 aliphatic carbocycles. The molecule has 0 spiro atoms. The zero-order valence-corrected chi connectivity index (χ0v) is 16.0. The molecule has 0 bridgehead atoms. The van der Waals surface area contributed by atoms with Crippen LogP contribution in [-0.2, 0) is 0 Å². The Morgan fingerprint density at radius 1 is 1.12 bits per heavy atom. The summed E-state index contributed by atoms with van der Waals surface area (Å²) in [5, 5.41) is 3.98. The van der Waals surface area contributed by atoms with Crippen molar-refractivity contribution in [3.05, 3.63) is 28.8 Å². The van der Waals surface area contributed by atoms with E-state index in [1.165, 1.54) is 12.8 Å². The summed E-state index contributed by atoms with van der Waals surface area (Å²) in [6.07, 6.45) is 5.84. The van der Waals surface area contributed by atoms with Gasteiger partial charge in [-0.05, 0) is 50.3 Å². The lowest BCUT2D eigenvalue weighted by Gasteiger charge is -2.32. The average molecular weight is 378 g/mol. The minimum atomic E-state index is 0.0538. The van der Waals surface area contributed by atoms with Crippen LogP contribution in [0.15, 0.2) is 18.2 Å². The molecule has 3 fully saturated rings. The zero-order valence-electron chi connectivity index (χ0n) is 15.3. The van der Waals surface area contributed by atoms with Crippen molar-refractivity contribution in [3.63, 3.8) is 0 Å². The van der Waals surface area contributed by atoms with E-state index < -0.39 is 0 Å². The van der Waals surface area contributed by atoms with E-state index in [-0.39, 0.29) is 12.0 Å². The molecule has 1 aromatic carbocycles. The van der Waals surface area contributed by atoms with E-state index in [1.54, 1.807) is 6.07 Å². The number of carbonyl (C=O) groups is 1. The molecular weight excluding hydrogens is 350 g/mol. The molecule has 1 unspecified atom stereocenters. The lowest BCUT2D eigenvalue weighted by molar-refractivity contribution is 0.0766. The van der Waals surface area contributed by atoms with Gasteiger partial charge in [0.1, 0.15) is 5.75 Å². The summed E-state index contributed by atoms with van der Waals surface area (Å²) in [5.41, 5.74) is 0.616. The third-order valence-electron chi connectivity index (χ3n) is 5.89. The smallest absolute Gasteiger partial charge is 0.257 e. The lowest BCUT2D eigenvalue weighted by atomic mass is 10.1.